The highest BCUT2D eigenvalue weighted by Crippen LogP contribution is 2.34. The third-order valence-electron chi connectivity index (χ3n) is 4.63. The van der Waals surface area contributed by atoms with Gasteiger partial charge in [-0.25, -0.2) is 12.8 Å². The summed E-state index contributed by atoms with van der Waals surface area (Å²) in [5.74, 6) is -0.338. The van der Waals surface area contributed by atoms with E-state index in [1.165, 1.54) is 30.3 Å². The maximum absolute atomic E-state index is 13.5. The van der Waals surface area contributed by atoms with Crippen molar-refractivity contribution < 1.29 is 27.1 Å². The van der Waals surface area contributed by atoms with Gasteiger partial charge in [-0.15, -0.1) is 0 Å². The largest absolute Gasteiger partial charge is 0.486 e. The van der Waals surface area contributed by atoms with Gasteiger partial charge >= 0.3 is 0 Å². The van der Waals surface area contributed by atoms with Crippen molar-refractivity contribution in [2.75, 3.05) is 29.4 Å². The SMILES string of the molecule is O=C(CN(c1ccc(F)cc1)S(=O)(=O)c1ccc2c(c1)OCCO2)Nc1ccc(Br)cc1. The van der Waals surface area contributed by atoms with Crippen LogP contribution in [-0.4, -0.2) is 34.1 Å². The van der Waals surface area contributed by atoms with Gasteiger partial charge in [0.1, 0.15) is 25.6 Å². The van der Waals surface area contributed by atoms with Gasteiger partial charge in [0.25, 0.3) is 10.0 Å². The van der Waals surface area contributed by atoms with Gasteiger partial charge in [0.2, 0.25) is 5.91 Å². The van der Waals surface area contributed by atoms with Crippen molar-refractivity contribution in [2.45, 2.75) is 4.90 Å². The summed E-state index contributed by atoms with van der Waals surface area (Å²) in [6.45, 7) is 0.156. The Labute approximate surface area is 192 Å². The minimum Gasteiger partial charge on any atom is -0.486 e. The molecular weight excluding hydrogens is 503 g/mol. The average Bonchev–Trinajstić information content (AvgIpc) is 2.79. The Morgan fingerprint density at radius 1 is 0.969 bits per heavy atom. The average molecular weight is 521 g/mol. The summed E-state index contributed by atoms with van der Waals surface area (Å²) in [4.78, 5) is 12.6. The third-order valence-corrected chi connectivity index (χ3v) is 6.93. The van der Waals surface area contributed by atoms with Crippen molar-refractivity contribution in [2.24, 2.45) is 0 Å². The molecule has 1 heterocycles. The van der Waals surface area contributed by atoms with Gasteiger partial charge in [-0.2, -0.15) is 0 Å². The molecule has 0 spiro atoms. The number of anilines is 2. The number of nitrogens with one attached hydrogen (secondary N) is 1. The number of hydrogen-bond acceptors (Lipinski definition) is 5. The van der Waals surface area contributed by atoms with Gasteiger partial charge < -0.3 is 14.8 Å². The molecule has 7 nitrogen and oxygen atoms in total. The van der Waals surface area contributed by atoms with E-state index in [4.69, 9.17) is 9.47 Å². The molecule has 1 aliphatic heterocycles. The summed E-state index contributed by atoms with van der Waals surface area (Å²) >= 11 is 3.32. The first kappa shape index (κ1) is 22.1. The number of carbonyl (C=O) groups excluding carboxylic acids is 1. The van der Waals surface area contributed by atoms with Gasteiger partial charge in [-0.1, -0.05) is 15.9 Å². The lowest BCUT2D eigenvalue weighted by atomic mass is 10.3. The monoisotopic (exact) mass is 520 g/mol. The van der Waals surface area contributed by atoms with Crippen LogP contribution in [0.4, 0.5) is 15.8 Å². The zero-order valence-corrected chi connectivity index (χ0v) is 19.0. The fourth-order valence-electron chi connectivity index (χ4n) is 3.10. The molecule has 1 amide bonds. The highest BCUT2D eigenvalue weighted by atomic mass is 79.9. The summed E-state index contributed by atoms with van der Waals surface area (Å²) in [5, 5.41) is 2.67. The molecule has 166 valence electrons. The zero-order chi connectivity index (χ0) is 22.7. The van der Waals surface area contributed by atoms with Crippen molar-refractivity contribution in [3.63, 3.8) is 0 Å². The Morgan fingerprint density at radius 3 is 2.31 bits per heavy atom. The molecule has 1 aliphatic rings. The quantitative estimate of drug-likeness (QED) is 0.526. The number of amides is 1. The molecule has 0 atom stereocenters. The Kier molecular flexibility index (Phi) is 6.33. The molecule has 3 aromatic carbocycles. The third kappa shape index (κ3) is 4.86. The molecule has 0 aromatic heterocycles. The van der Waals surface area contributed by atoms with Crippen LogP contribution < -0.4 is 19.1 Å². The molecule has 10 heteroatoms. The number of sulfonamides is 1. The molecule has 0 saturated heterocycles. The maximum atomic E-state index is 13.5. The zero-order valence-electron chi connectivity index (χ0n) is 16.6. The molecule has 32 heavy (non-hydrogen) atoms. The normalized spacial score (nSPS) is 12.8. The van der Waals surface area contributed by atoms with E-state index in [1.807, 2.05) is 0 Å². The fraction of sp³-hybridized carbons (Fsp3) is 0.136. The van der Waals surface area contributed by atoms with Crippen molar-refractivity contribution >= 4 is 43.2 Å². The first-order valence-corrected chi connectivity index (χ1v) is 11.8. The molecule has 0 saturated carbocycles. The number of nitrogens with zero attached hydrogens (tertiary/aromatic N) is 1. The minimum atomic E-state index is -4.19. The molecule has 4 rings (SSSR count). The number of benzene rings is 3. The predicted octanol–water partition coefficient (Wildman–Crippen LogP) is 4.19. The topological polar surface area (TPSA) is 84.9 Å². The van der Waals surface area contributed by atoms with Crippen LogP contribution >= 0.6 is 15.9 Å². The van der Waals surface area contributed by atoms with E-state index in [1.54, 1.807) is 24.3 Å². The van der Waals surface area contributed by atoms with Crippen LogP contribution in [0.3, 0.4) is 0 Å². The Hall–Kier alpha value is -3.11. The first-order valence-electron chi connectivity index (χ1n) is 9.56. The Morgan fingerprint density at radius 2 is 1.62 bits per heavy atom. The van der Waals surface area contributed by atoms with E-state index in [0.717, 1.165) is 20.9 Å². The van der Waals surface area contributed by atoms with E-state index in [0.29, 0.717) is 30.4 Å². The van der Waals surface area contributed by atoms with Crippen molar-refractivity contribution in [1.29, 1.82) is 0 Å². The van der Waals surface area contributed by atoms with Crippen LogP contribution in [0, 0.1) is 5.82 Å². The molecule has 0 aliphatic carbocycles. The van der Waals surface area contributed by atoms with E-state index in [2.05, 4.69) is 21.2 Å². The number of halogens is 2. The second-order valence-corrected chi connectivity index (χ2v) is 9.63. The highest BCUT2D eigenvalue weighted by Gasteiger charge is 2.29. The van der Waals surface area contributed by atoms with Crippen molar-refractivity contribution in [3.05, 3.63) is 77.0 Å². The Bertz CT molecular complexity index is 1230. The van der Waals surface area contributed by atoms with Crippen molar-refractivity contribution in [1.82, 2.24) is 0 Å². The van der Waals surface area contributed by atoms with Crippen molar-refractivity contribution in [3.8, 4) is 11.5 Å². The molecular formula is C22H18BrFN2O5S. The summed E-state index contributed by atoms with van der Waals surface area (Å²) in [5.41, 5.74) is 0.654. The molecule has 1 N–H and O–H groups in total. The highest BCUT2D eigenvalue weighted by molar-refractivity contribution is 9.10. The number of hydrogen-bond donors (Lipinski definition) is 1. The summed E-state index contributed by atoms with van der Waals surface area (Å²) < 4.78 is 53.1. The van der Waals surface area contributed by atoms with Gasteiger partial charge in [-0.3, -0.25) is 9.10 Å². The van der Waals surface area contributed by atoms with Crippen LogP contribution in [0.15, 0.2) is 76.1 Å². The van der Waals surface area contributed by atoms with Gasteiger partial charge in [0.15, 0.2) is 11.5 Å². The van der Waals surface area contributed by atoms with E-state index in [9.17, 15) is 17.6 Å². The summed E-state index contributed by atoms with van der Waals surface area (Å²) in [6, 6.07) is 16.0. The van der Waals surface area contributed by atoms with E-state index in [-0.39, 0.29) is 10.6 Å². The molecule has 0 fully saturated rings. The van der Waals surface area contributed by atoms with Crippen LogP contribution in [-0.2, 0) is 14.8 Å². The molecule has 0 unspecified atom stereocenters. The lowest BCUT2D eigenvalue weighted by Gasteiger charge is -2.25. The van der Waals surface area contributed by atoms with Gasteiger partial charge in [0, 0.05) is 16.2 Å². The minimum absolute atomic E-state index is 0.0810. The number of ether oxygens (including phenoxy) is 2. The summed E-state index contributed by atoms with van der Waals surface area (Å²) in [7, 11) is -4.19. The lowest BCUT2D eigenvalue weighted by Crippen LogP contribution is -2.38. The molecule has 0 radical (unpaired) electrons. The van der Waals surface area contributed by atoms with Crippen LogP contribution in [0.1, 0.15) is 0 Å². The van der Waals surface area contributed by atoms with Crippen LogP contribution in [0.2, 0.25) is 0 Å². The second kappa shape index (κ2) is 9.17. The van der Waals surface area contributed by atoms with E-state index >= 15 is 0 Å². The first-order chi connectivity index (χ1) is 15.3. The van der Waals surface area contributed by atoms with Gasteiger partial charge in [0.05, 0.1) is 10.6 Å². The number of rotatable bonds is 6. The molecule has 0 bridgehead atoms. The molecule has 3 aromatic rings. The summed E-state index contributed by atoms with van der Waals surface area (Å²) in [6.07, 6.45) is 0. The second-order valence-electron chi connectivity index (χ2n) is 6.85. The number of fused-ring (bicyclic) bond motifs is 1. The van der Waals surface area contributed by atoms with Crippen LogP contribution in [0.25, 0.3) is 0 Å². The lowest BCUT2D eigenvalue weighted by molar-refractivity contribution is -0.114. The van der Waals surface area contributed by atoms with Gasteiger partial charge in [-0.05, 0) is 60.7 Å². The standard InChI is InChI=1S/C22H18BrFN2O5S/c23-15-1-5-17(6-2-15)25-22(27)14-26(18-7-3-16(24)4-8-18)32(28,29)19-9-10-20-21(13-19)31-12-11-30-20/h1-10,13H,11-12,14H2,(H,25,27). The smallest absolute Gasteiger partial charge is 0.264 e. The Balaban J connectivity index is 1.66. The maximum Gasteiger partial charge on any atom is 0.264 e. The van der Waals surface area contributed by atoms with Crippen LogP contribution in [0.5, 0.6) is 11.5 Å². The number of carbonyl (C=O) groups is 1. The fourth-order valence-corrected chi connectivity index (χ4v) is 4.80. The van der Waals surface area contributed by atoms with E-state index < -0.39 is 28.3 Å². The predicted molar refractivity (Wildman–Crippen MR) is 121 cm³/mol.